The highest BCUT2D eigenvalue weighted by Gasteiger charge is 2.27. The van der Waals surface area contributed by atoms with Crippen molar-refractivity contribution < 1.29 is 9.94 Å². The summed E-state index contributed by atoms with van der Waals surface area (Å²) in [6.45, 7) is 3.58. The van der Waals surface area contributed by atoms with Gasteiger partial charge < -0.3 is 9.94 Å². The molecule has 1 N–H and O–H groups in total. The first-order chi connectivity index (χ1) is 6.92. The van der Waals surface area contributed by atoms with Gasteiger partial charge in [0.05, 0.1) is 25.0 Å². The zero-order valence-corrected chi connectivity index (χ0v) is 8.48. The van der Waals surface area contributed by atoms with Crippen LogP contribution in [0.4, 0.5) is 0 Å². The molecule has 0 amide bonds. The highest BCUT2D eigenvalue weighted by atomic mass is 16.5. The average Bonchev–Trinajstić information content (AvgIpc) is 2.30. The maximum Gasteiger partial charge on any atom is 0.0742 e. The van der Waals surface area contributed by atoms with Gasteiger partial charge in [-0.2, -0.15) is 0 Å². The van der Waals surface area contributed by atoms with E-state index < -0.39 is 0 Å². The van der Waals surface area contributed by atoms with E-state index in [1.165, 1.54) is 12.8 Å². The third-order valence-corrected chi connectivity index (χ3v) is 3.16. The van der Waals surface area contributed by atoms with E-state index >= 15 is 0 Å². The van der Waals surface area contributed by atoms with E-state index in [1.807, 2.05) is 0 Å². The standard InChI is InChI=1S/C10H18N2O2/c13-11-9-3-1-2-4-10(9)12-5-7-14-8-6-12/h10,13H,1-8H2/b11-9-. The van der Waals surface area contributed by atoms with E-state index in [9.17, 15) is 0 Å². The molecule has 0 aromatic heterocycles. The molecule has 1 aliphatic heterocycles. The summed E-state index contributed by atoms with van der Waals surface area (Å²) < 4.78 is 5.32. The Hall–Kier alpha value is -0.610. The van der Waals surface area contributed by atoms with Crippen molar-refractivity contribution in [3.63, 3.8) is 0 Å². The van der Waals surface area contributed by atoms with Crippen LogP contribution < -0.4 is 0 Å². The van der Waals surface area contributed by atoms with Crippen molar-refractivity contribution in [2.45, 2.75) is 31.7 Å². The lowest BCUT2D eigenvalue weighted by atomic mass is 9.92. The van der Waals surface area contributed by atoms with Crippen molar-refractivity contribution in [2.24, 2.45) is 5.16 Å². The number of nitrogens with zero attached hydrogens (tertiary/aromatic N) is 2. The summed E-state index contributed by atoms with van der Waals surface area (Å²) in [7, 11) is 0. The van der Waals surface area contributed by atoms with Gasteiger partial charge in [0, 0.05) is 13.1 Å². The van der Waals surface area contributed by atoms with E-state index in [2.05, 4.69) is 10.1 Å². The molecule has 1 saturated carbocycles. The lowest BCUT2D eigenvalue weighted by Crippen LogP contribution is -2.48. The van der Waals surface area contributed by atoms with Crippen LogP contribution in [-0.4, -0.2) is 48.2 Å². The largest absolute Gasteiger partial charge is 0.411 e. The van der Waals surface area contributed by atoms with Gasteiger partial charge in [0.1, 0.15) is 0 Å². The molecule has 4 nitrogen and oxygen atoms in total. The van der Waals surface area contributed by atoms with Crippen LogP contribution in [-0.2, 0) is 4.74 Å². The van der Waals surface area contributed by atoms with E-state index in [4.69, 9.17) is 9.94 Å². The molecule has 0 aromatic carbocycles. The van der Waals surface area contributed by atoms with Crippen molar-refractivity contribution in [1.82, 2.24) is 4.90 Å². The minimum atomic E-state index is 0.373. The first-order valence-corrected chi connectivity index (χ1v) is 5.44. The number of oxime groups is 1. The van der Waals surface area contributed by atoms with Crippen LogP contribution in [0.3, 0.4) is 0 Å². The molecule has 0 spiro atoms. The molecule has 0 radical (unpaired) electrons. The second kappa shape index (κ2) is 4.75. The van der Waals surface area contributed by atoms with Gasteiger partial charge in [-0.25, -0.2) is 0 Å². The van der Waals surface area contributed by atoms with E-state index in [0.717, 1.165) is 44.9 Å². The van der Waals surface area contributed by atoms with E-state index in [1.54, 1.807) is 0 Å². The second-order valence-electron chi connectivity index (χ2n) is 4.00. The van der Waals surface area contributed by atoms with Crippen LogP contribution in [0.25, 0.3) is 0 Å². The maximum absolute atomic E-state index is 8.92. The van der Waals surface area contributed by atoms with Crippen LogP contribution in [0.15, 0.2) is 5.16 Å². The molecule has 1 unspecified atom stereocenters. The van der Waals surface area contributed by atoms with Gasteiger partial charge in [-0.05, 0) is 19.3 Å². The fourth-order valence-corrected chi connectivity index (χ4v) is 2.38. The quantitative estimate of drug-likeness (QED) is 0.507. The van der Waals surface area contributed by atoms with Crippen LogP contribution in [0.5, 0.6) is 0 Å². The number of ether oxygens (including phenoxy) is 1. The molecule has 2 fully saturated rings. The molecule has 0 bridgehead atoms. The van der Waals surface area contributed by atoms with Gasteiger partial charge in [0.15, 0.2) is 0 Å². The Labute approximate surface area is 84.5 Å². The molecule has 2 rings (SSSR count). The van der Waals surface area contributed by atoms with Gasteiger partial charge in [-0.1, -0.05) is 11.6 Å². The summed E-state index contributed by atoms with van der Waals surface area (Å²) in [5.41, 5.74) is 0.971. The number of rotatable bonds is 1. The van der Waals surface area contributed by atoms with Crippen molar-refractivity contribution in [1.29, 1.82) is 0 Å². The highest BCUT2D eigenvalue weighted by molar-refractivity contribution is 5.89. The molecule has 1 saturated heterocycles. The number of hydrogen-bond donors (Lipinski definition) is 1. The Morgan fingerprint density at radius 3 is 2.79 bits per heavy atom. The SMILES string of the molecule is O/N=C1/CCCCC1N1CCOCC1. The average molecular weight is 198 g/mol. The second-order valence-corrected chi connectivity index (χ2v) is 4.00. The van der Waals surface area contributed by atoms with Gasteiger partial charge in [-0.15, -0.1) is 0 Å². The zero-order chi connectivity index (χ0) is 9.80. The first-order valence-electron chi connectivity index (χ1n) is 5.44. The Kier molecular flexibility index (Phi) is 3.37. The summed E-state index contributed by atoms with van der Waals surface area (Å²) in [6.07, 6.45) is 4.51. The van der Waals surface area contributed by atoms with Gasteiger partial charge in [-0.3, -0.25) is 4.90 Å². The van der Waals surface area contributed by atoms with Crippen molar-refractivity contribution >= 4 is 5.71 Å². The maximum atomic E-state index is 8.92. The van der Waals surface area contributed by atoms with Gasteiger partial charge >= 0.3 is 0 Å². The Morgan fingerprint density at radius 2 is 2.07 bits per heavy atom. The lowest BCUT2D eigenvalue weighted by Gasteiger charge is -2.36. The Morgan fingerprint density at radius 1 is 1.29 bits per heavy atom. The smallest absolute Gasteiger partial charge is 0.0742 e. The fraction of sp³-hybridized carbons (Fsp3) is 0.900. The summed E-state index contributed by atoms with van der Waals surface area (Å²) in [5.74, 6) is 0. The summed E-state index contributed by atoms with van der Waals surface area (Å²) in [6, 6.07) is 0.373. The predicted molar refractivity (Wildman–Crippen MR) is 53.9 cm³/mol. The molecular formula is C10H18N2O2. The summed E-state index contributed by atoms with van der Waals surface area (Å²) in [4.78, 5) is 2.39. The minimum absolute atomic E-state index is 0.373. The molecule has 4 heteroatoms. The molecule has 1 heterocycles. The first kappa shape index (κ1) is 9.93. The van der Waals surface area contributed by atoms with Crippen molar-refractivity contribution in [3.8, 4) is 0 Å². The fourth-order valence-electron chi connectivity index (χ4n) is 2.38. The van der Waals surface area contributed by atoms with E-state index in [0.29, 0.717) is 6.04 Å². The third-order valence-electron chi connectivity index (χ3n) is 3.16. The topological polar surface area (TPSA) is 45.1 Å². The molecule has 2 aliphatic rings. The van der Waals surface area contributed by atoms with Gasteiger partial charge in [0.2, 0.25) is 0 Å². The van der Waals surface area contributed by atoms with Crippen molar-refractivity contribution in [3.05, 3.63) is 0 Å². The number of morpholine rings is 1. The lowest BCUT2D eigenvalue weighted by molar-refractivity contribution is 0.0252. The Bertz CT molecular complexity index is 212. The summed E-state index contributed by atoms with van der Waals surface area (Å²) in [5, 5.41) is 12.4. The molecule has 0 aromatic rings. The molecule has 1 atom stereocenters. The predicted octanol–water partition coefficient (Wildman–Crippen LogP) is 1.09. The van der Waals surface area contributed by atoms with Crippen LogP contribution >= 0.6 is 0 Å². The highest BCUT2D eigenvalue weighted by Crippen LogP contribution is 2.21. The molecule has 1 aliphatic carbocycles. The monoisotopic (exact) mass is 198 g/mol. The van der Waals surface area contributed by atoms with Crippen LogP contribution in [0, 0.1) is 0 Å². The van der Waals surface area contributed by atoms with Crippen LogP contribution in [0.2, 0.25) is 0 Å². The molecule has 80 valence electrons. The minimum Gasteiger partial charge on any atom is -0.411 e. The third kappa shape index (κ3) is 2.07. The Balaban J connectivity index is 1.98. The van der Waals surface area contributed by atoms with Crippen LogP contribution in [0.1, 0.15) is 25.7 Å². The van der Waals surface area contributed by atoms with Gasteiger partial charge in [0.25, 0.3) is 0 Å². The van der Waals surface area contributed by atoms with E-state index in [-0.39, 0.29) is 0 Å². The van der Waals surface area contributed by atoms with Crippen molar-refractivity contribution in [2.75, 3.05) is 26.3 Å². The number of hydrogen-bond acceptors (Lipinski definition) is 4. The zero-order valence-electron chi connectivity index (χ0n) is 8.48. The summed E-state index contributed by atoms with van der Waals surface area (Å²) >= 11 is 0. The normalized spacial score (nSPS) is 33.4. The molecule has 14 heavy (non-hydrogen) atoms. The molecular weight excluding hydrogens is 180 g/mol.